The number of fused-ring (bicyclic) bond motifs is 1. The van der Waals surface area contributed by atoms with Gasteiger partial charge in [-0.1, -0.05) is 23.4 Å². The molecule has 1 aliphatic rings. The summed E-state index contributed by atoms with van der Waals surface area (Å²) >= 11 is 0. The third kappa shape index (κ3) is 2.55. The van der Waals surface area contributed by atoms with Crippen LogP contribution in [0.2, 0.25) is 0 Å². The Kier molecular flexibility index (Phi) is 3.54. The van der Waals surface area contributed by atoms with Gasteiger partial charge in [-0.25, -0.2) is 4.39 Å². The van der Waals surface area contributed by atoms with Crippen molar-refractivity contribution in [1.82, 2.24) is 10.1 Å². The molecule has 1 aromatic heterocycles. The van der Waals surface area contributed by atoms with Gasteiger partial charge in [-0.15, -0.1) is 0 Å². The van der Waals surface area contributed by atoms with Crippen LogP contribution < -0.4 is 10.5 Å². The minimum absolute atomic E-state index is 0.154. The molecule has 4 rings (SSSR count). The van der Waals surface area contributed by atoms with Crippen molar-refractivity contribution in [3.63, 3.8) is 0 Å². The molecule has 2 heterocycles. The number of halogens is 1. The van der Waals surface area contributed by atoms with Crippen LogP contribution in [0, 0.1) is 12.7 Å². The normalized spacial score (nSPS) is 16.0. The van der Waals surface area contributed by atoms with E-state index < -0.39 is 0 Å². The summed E-state index contributed by atoms with van der Waals surface area (Å²) in [4.78, 5) is 4.23. The van der Waals surface area contributed by atoms with Gasteiger partial charge in [0.15, 0.2) is 11.6 Å². The summed E-state index contributed by atoms with van der Waals surface area (Å²) in [7, 11) is 0. The number of benzene rings is 2. The van der Waals surface area contributed by atoms with Gasteiger partial charge in [-0.05, 0) is 29.3 Å². The molecule has 24 heavy (non-hydrogen) atoms. The maximum absolute atomic E-state index is 14.4. The molecule has 2 N–H and O–H groups in total. The molecule has 1 atom stereocenters. The average molecular weight is 325 g/mol. The van der Waals surface area contributed by atoms with E-state index in [0.717, 1.165) is 22.3 Å². The van der Waals surface area contributed by atoms with E-state index in [1.807, 2.05) is 30.3 Å². The van der Waals surface area contributed by atoms with Gasteiger partial charge in [0.05, 0.1) is 0 Å². The standard InChI is InChI=1S/C18H16FN3O2/c1-10-21-18(22-24-10)12-4-2-3-11(5-12)13-6-14-7-15(9-20)23-17(14)16(19)8-13/h2-6,8,15H,7,9,20H2,1H3/t15-/m1/s1. The van der Waals surface area contributed by atoms with E-state index in [-0.39, 0.29) is 11.9 Å². The van der Waals surface area contributed by atoms with Gasteiger partial charge in [-0.3, -0.25) is 0 Å². The van der Waals surface area contributed by atoms with Crippen molar-refractivity contribution in [3.8, 4) is 28.3 Å². The van der Waals surface area contributed by atoms with Gasteiger partial charge >= 0.3 is 0 Å². The SMILES string of the molecule is Cc1nc(-c2cccc(-c3cc(F)c4c(c3)C[C@H](CN)O4)c2)no1. The Balaban J connectivity index is 1.74. The zero-order chi connectivity index (χ0) is 16.7. The molecule has 5 nitrogen and oxygen atoms in total. The van der Waals surface area contributed by atoms with Crippen molar-refractivity contribution in [1.29, 1.82) is 0 Å². The fourth-order valence-corrected chi connectivity index (χ4v) is 2.94. The van der Waals surface area contributed by atoms with Crippen LogP contribution in [-0.2, 0) is 6.42 Å². The Morgan fingerprint density at radius 1 is 1.21 bits per heavy atom. The number of aromatic nitrogens is 2. The van der Waals surface area contributed by atoms with Crippen molar-refractivity contribution in [2.24, 2.45) is 5.73 Å². The van der Waals surface area contributed by atoms with E-state index in [1.165, 1.54) is 6.07 Å². The van der Waals surface area contributed by atoms with Gasteiger partial charge in [0, 0.05) is 31.0 Å². The monoisotopic (exact) mass is 325 g/mol. The molecule has 0 spiro atoms. The molecule has 0 fully saturated rings. The smallest absolute Gasteiger partial charge is 0.223 e. The maximum Gasteiger partial charge on any atom is 0.223 e. The second-order valence-electron chi connectivity index (χ2n) is 5.84. The number of nitrogens with zero attached hydrogens (tertiary/aromatic N) is 2. The quantitative estimate of drug-likeness (QED) is 0.801. The van der Waals surface area contributed by atoms with Gasteiger partial charge in [0.1, 0.15) is 6.10 Å². The minimum atomic E-state index is -0.362. The number of hydrogen-bond donors (Lipinski definition) is 1. The number of nitrogens with two attached hydrogens (primary N) is 1. The van der Waals surface area contributed by atoms with Gasteiger partial charge in [0.2, 0.25) is 11.7 Å². The molecule has 0 radical (unpaired) electrons. The molecule has 2 aromatic carbocycles. The first-order valence-corrected chi connectivity index (χ1v) is 7.74. The fourth-order valence-electron chi connectivity index (χ4n) is 2.94. The Morgan fingerprint density at radius 3 is 2.79 bits per heavy atom. The van der Waals surface area contributed by atoms with Crippen LogP contribution in [0.4, 0.5) is 4.39 Å². The van der Waals surface area contributed by atoms with Crippen molar-refractivity contribution in [3.05, 3.63) is 53.7 Å². The third-order valence-corrected chi connectivity index (χ3v) is 4.10. The van der Waals surface area contributed by atoms with Crippen LogP contribution in [-0.4, -0.2) is 22.8 Å². The molecule has 3 aromatic rings. The first kappa shape index (κ1) is 14.8. The van der Waals surface area contributed by atoms with E-state index in [0.29, 0.717) is 30.4 Å². The number of hydrogen-bond acceptors (Lipinski definition) is 5. The summed E-state index contributed by atoms with van der Waals surface area (Å²) in [5.74, 6) is 0.977. The van der Waals surface area contributed by atoms with Crippen LogP contribution in [0.15, 0.2) is 40.9 Å². The Hall–Kier alpha value is -2.73. The van der Waals surface area contributed by atoms with Gasteiger partial charge in [0.25, 0.3) is 0 Å². The molecular weight excluding hydrogens is 309 g/mol. The lowest BCUT2D eigenvalue weighted by atomic mass is 9.99. The van der Waals surface area contributed by atoms with Crippen LogP contribution in [0.3, 0.4) is 0 Å². The van der Waals surface area contributed by atoms with Crippen LogP contribution >= 0.6 is 0 Å². The molecule has 0 saturated carbocycles. The highest BCUT2D eigenvalue weighted by atomic mass is 19.1. The highest BCUT2D eigenvalue weighted by Crippen LogP contribution is 2.36. The zero-order valence-electron chi connectivity index (χ0n) is 13.1. The molecule has 0 saturated heterocycles. The molecule has 6 heteroatoms. The van der Waals surface area contributed by atoms with Crippen LogP contribution in [0.5, 0.6) is 5.75 Å². The van der Waals surface area contributed by atoms with Gasteiger partial charge < -0.3 is 15.0 Å². The van der Waals surface area contributed by atoms with Crippen molar-refractivity contribution < 1.29 is 13.7 Å². The predicted octanol–water partition coefficient (Wildman–Crippen LogP) is 3.11. The molecular formula is C18H16FN3O2. The highest BCUT2D eigenvalue weighted by Gasteiger charge is 2.25. The lowest BCUT2D eigenvalue weighted by molar-refractivity contribution is 0.232. The maximum atomic E-state index is 14.4. The van der Waals surface area contributed by atoms with E-state index in [1.54, 1.807) is 6.92 Å². The third-order valence-electron chi connectivity index (χ3n) is 4.10. The lowest BCUT2D eigenvalue weighted by Crippen LogP contribution is -2.24. The topological polar surface area (TPSA) is 74.2 Å². The van der Waals surface area contributed by atoms with Crippen LogP contribution in [0.25, 0.3) is 22.5 Å². The molecule has 0 amide bonds. The average Bonchev–Trinajstić information content (AvgIpc) is 3.21. The molecule has 0 aliphatic carbocycles. The van der Waals surface area contributed by atoms with Gasteiger partial charge in [-0.2, -0.15) is 4.98 Å². The van der Waals surface area contributed by atoms with Crippen molar-refractivity contribution in [2.45, 2.75) is 19.4 Å². The zero-order valence-corrected chi connectivity index (χ0v) is 13.1. The van der Waals surface area contributed by atoms with E-state index in [2.05, 4.69) is 10.1 Å². The van der Waals surface area contributed by atoms with Crippen molar-refractivity contribution in [2.75, 3.05) is 6.54 Å². The first-order valence-electron chi connectivity index (χ1n) is 7.74. The predicted molar refractivity (Wildman–Crippen MR) is 87.0 cm³/mol. The van der Waals surface area contributed by atoms with Crippen LogP contribution in [0.1, 0.15) is 11.5 Å². The van der Waals surface area contributed by atoms with E-state index in [4.69, 9.17) is 15.0 Å². The van der Waals surface area contributed by atoms with E-state index >= 15 is 0 Å². The second kappa shape index (κ2) is 5.72. The summed E-state index contributed by atoms with van der Waals surface area (Å²) in [5, 5.41) is 3.92. The summed E-state index contributed by atoms with van der Waals surface area (Å²) in [5.41, 5.74) is 8.97. The Morgan fingerprint density at radius 2 is 2.04 bits per heavy atom. The highest BCUT2D eigenvalue weighted by molar-refractivity contribution is 5.71. The summed E-state index contributed by atoms with van der Waals surface area (Å²) in [6, 6.07) is 11.1. The molecule has 0 bridgehead atoms. The van der Waals surface area contributed by atoms with E-state index in [9.17, 15) is 4.39 Å². The Labute approximate surface area is 138 Å². The first-order chi connectivity index (χ1) is 11.6. The summed E-state index contributed by atoms with van der Waals surface area (Å²) in [6.45, 7) is 2.11. The number of ether oxygens (including phenoxy) is 1. The minimum Gasteiger partial charge on any atom is -0.485 e. The molecule has 1 aliphatic heterocycles. The second-order valence-corrected chi connectivity index (χ2v) is 5.84. The largest absolute Gasteiger partial charge is 0.485 e. The molecule has 0 unspecified atom stereocenters. The Bertz CT molecular complexity index is 907. The number of aryl methyl sites for hydroxylation is 1. The summed E-state index contributed by atoms with van der Waals surface area (Å²) < 4.78 is 24.9. The summed E-state index contributed by atoms with van der Waals surface area (Å²) in [6.07, 6.45) is 0.471. The lowest BCUT2D eigenvalue weighted by Gasteiger charge is -2.08. The number of rotatable bonds is 3. The van der Waals surface area contributed by atoms with Crippen molar-refractivity contribution >= 4 is 0 Å². The molecule has 122 valence electrons. The fraction of sp³-hybridized carbons (Fsp3) is 0.222.